The molecule has 0 bridgehead atoms. The van der Waals surface area contributed by atoms with Gasteiger partial charge in [-0.1, -0.05) is 46.2 Å². The number of benzene rings is 1. The van der Waals surface area contributed by atoms with Gasteiger partial charge in [0, 0.05) is 42.2 Å². The van der Waals surface area contributed by atoms with E-state index >= 15 is 0 Å². The summed E-state index contributed by atoms with van der Waals surface area (Å²) in [5.41, 5.74) is 4.14. The summed E-state index contributed by atoms with van der Waals surface area (Å²) < 4.78 is 1.73. The number of fused-ring (bicyclic) bond motifs is 1. The molecule has 1 aromatic carbocycles. The van der Waals surface area contributed by atoms with Crippen molar-refractivity contribution < 1.29 is 9.59 Å². The van der Waals surface area contributed by atoms with E-state index in [0.29, 0.717) is 22.5 Å². The first kappa shape index (κ1) is 28.1. The number of anilines is 1. The number of hydrogen-bond donors (Lipinski definition) is 1. The van der Waals surface area contributed by atoms with Crippen molar-refractivity contribution in [1.29, 1.82) is 5.26 Å². The third-order valence-electron chi connectivity index (χ3n) is 6.49. The third-order valence-corrected chi connectivity index (χ3v) is 6.49. The first-order valence-electron chi connectivity index (χ1n) is 12.6. The summed E-state index contributed by atoms with van der Waals surface area (Å²) in [6.07, 6.45) is 9.03. The van der Waals surface area contributed by atoms with Crippen LogP contribution in [0.1, 0.15) is 73.2 Å². The van der Waals surface area contributed by atoms with Gasteiger partial charge in [-0.3, -0.25) is 14.5 Å². The van der Waals surface area contributed by atoms with E-state index < -0.39 is 0 Å². The molecule has 0 aliphatic heterocycles. The zero-order valence-corrected chi connectivity index (χ0v) is 21.3. The number of hydrogen-bond acceptors (Lipinski definition) is 5. The van der Waals surface area contributed by atoms with E-state index in [4.69, 9.17) is 5.26 Å². The van der Waals surface area contributed by atoms with Crippen molar-refractivity contribution in [3.63, 3.8) is 0 Å². The number of nitriles is 1. The molecule has 3 heterocycles. The Bertz CT molecular complexity index is 1430. The highest BCUT2D eigenvalue weighted by molar-refractivity contribution is 6.07. The van der Waals surface area contributed by atoms with Gasteiger partial charge < -0.3 is 5.32 Å². The Morgan fingerprint density at radius 2 is 1.74 bits per heavy atom. The predicted octanol–water partition coefficient (Wildman–Crippen LogP) is 5.88. The Kier molecular flexibility index (Phi) is 9.33. The predicted molar refractivity (Wildman–Crippen MR) is 150 cm³/mol. The number of aromatic nitrogens is 3. The molecule has 3 aromatic heterocycles. The summed E-state index contributed by atoms with van der Waals surface area (Å²) >= 11 is 0. The van der Waals surface area contributed by atoms with Crippen LogP contribution in [-0.2, 0) is 0 Å². The standard InChI is InChI=1S/C27H24N6O2.C2H6.CH4/c1-29-26(34)20-9-7-19(8-10-20)23-17-31-32-13-12-21(14-24(23)32)27(35)33(22-4-2-3-5-22)25-11-6-18(15-28)16-30-25;1-2;/h6-14,16-17,22H,2-5H2,1H3,(H,29,34);1-2H3;1H4. The molecule has 1 saturated carbocycles. The lowest BCUT2D eigenvalue weighted by atomic mass is 10.0. The third kappa shape index (κ3) is 5.57. The van der Waals surface area contributed by atoms with Crippen molar-refractivity contribution in [2.75, 3.05) is 11.9 Å². The fourth-order valence-electron chi connectivity index (χ4n) is 4.63. The average molecular weight is 511 g/mol. The summed E-state index contributed by atoms with van der Waals surface area (Å²) in [5, 5.41) is 16.2. The molecule has 196 valence electrons. The molecule has 0 radical (unpaired) electrons. The maximum absolute atomic E-state index is 13.8. The first-order valence-corrected chi connectivity index (χ1v) is 12.6. The number of carbonyl (C=O) groups is 2. The van der Waals surface area contributed by atoms with E-state index in [-0.39, 0.29) is 25.3 Å². The average Bonchev–Trinajstić information content (AvgIpc) is 3.64. The van der Waals surface area contributed by atoms with Crippen molar-refractivity contribution in [3.8, 4) is 17.2 Å². The maximum Gasteiger partial charge on any atom is 0.259 e. The monoisotopic (exact) mass is 510 g/mol. The van der Waals surface area contributed by atoms with Crippen LogP contribution in [0.25, 0.3) is 16.6 Å². The van der Waals surface area contributed by atoms with Gasteiger partial charge in [0.1, 0.15) is 11.9 Å². The van der Waals surface area contributed by atoms with Crippen molar-refractivity contribution in [2.45, 2.75) is 53.0 Å². The number of carbonyl (C=O) groups excluding carboxylic acids is 2. The van der Waals surface area contributed by atoms with Gasteiger partial charge >= 0.3 is 0 Å². The summed E-state index contributed by atoms with van der Waals surface area (Å²) in [6, 6.07) is 16.5. The van der Waals surface area contributed by atoms with Crippen LogP contribution >= 0.6 is 0 Å². The first-order chi connectivity index (χ1) is 18.1. The molecular weight excluding hydrogens is 476 g/mol. The lowest BCUT2D eigenvalue weighted by Gasteiger charge is -2.28. The van der Waals surface area contributed by atoms with Crippen LogP contribution in [-0.4, -0.2) is 39.5 Å². The zero-order chi connectivity index (χ0) is 26.4. The smallest absolute Gasteiger partial charge is 0.259 e. The highest BCUT2D eigenvalue weighted by atomic mass is 16.2. The SMILES string of the molecule is C.CC.CNC(=O)c1ccc(-c2cnn3ccc(C(=O)N(c4ccc(C#N)cn4)C4CCCC4)cc23)cc1. The Morgan fingerprint density at radius 1 is 1.03 bits per heavy atom. The van der Waals surface area contributed by atoms with Crippen LogP contribution in [0.4, 0.5) is 5.82 Å². The molecule has 0 saturated heterocycles. The van der Waals surface area contributed by atoms with Crippen molar-refractivity contribution in [3.05, 3.63) is 83.8 Å². The summed E-state index contributed by atoms with van der Waals surface area (Å²) in [4.78, 5) is 31.9. The molecule has 4 aromatic rings. The molecule has 8 heteroatoms. The van der Waals surface area contributed by atoms with Gasteiger partial charge in [0.15, 0.2) is 0 Å². The van der Waals surface area contributed by atoms with Gasteiger partial charge in [-0.05, 0) is 54.8 Å². The van der Waals surface area contributed by atoms with Gasteiger partial charge in [0.2, 0.25) is 0 Å². The molecule has 5 rings (SSSR count). The highest BCUT2D eigenvalue weighted by Crippen LogP contribution is 2.30. The van der Waals surface area contributed by atoms with E-state index in [1.807, 2.05) is 32.0 Å². The minimum atomic E-state index is -0.146. The molecule has 1 aliphatic rings. The minimum Gasteiger partial charge on any atom is -0.355 e. The van der Waals surface area contributed by atoms with Crippen LogP contribution < -0.4 is 10.2 Å². The lowest BCUT2D eigenvalue weighted by Crippen LogP contribution is -2.39. The van der Waals surface area contributed by atoms with Crippen molar-refractivity contribution in [1.82, 2.24) is 19.9 Å². The molecule has 38 heavy (non-hydrogen) atoms. The van der Waals surface area contributed by atoms with Gasteiger partial charge in [0.05, 0.1) is 17.3 Å². The number of nitrogens with one attached hydrogen (secondary N) is 1. The Morgan fingerprint density at radius 3 is 2.34 bits per heavy atom. The van der Waals surface area contributed by atoms with Crippen LogP contribution in [0.2, 0.25) is 0 Å². The minimum absolute atomic E-state index is 0. The molecule has 0 unspecified atom stereocenters. The zero-order valence-electron chi connectivity index (χ0n) is 21.3. The Hall–Kier alpha value is -4.51. The number of amides is 2. The van der Waals surface area contributed by atoms with Gasteiger partial charge in [0.25, 0.3) is 11.8 Å². The number of rotatable bonds is 5. The largest absolute Gasteiger partial charge is 0.355 e. The molecular formula is C30H34N6O2. The second-order valence-electron chi connectivity index (χ2n) is 8.59. The lowest BCUT2D eigenvalue weighted by molar-refractivity contribution is 0.0959. The van der Waals surface area contributed by atoms with Crippen molar-refractivity contribution >= 4 is 23.1 Å². The Balaban J connectivity index is 0.00000130. The molecule has 0 atom stereocenters. The molecule has 1 aliphatic carbocycles. The van der Waals surface area contributed by atoms with Crippen LogP contribution in [0.15, 0.2) is 67.1 Å². The summed E-state index contributed by atoms with van der Waals surface area (Å²) in [5.74, 6) is 0.283. The molecule has 1 N–H and O–H groups in total. The fourth-order valence-corrected chi connectivity index (χ4v) is 4.63. The van der Waals surface area contributed by atoms with Crippen LogP contribution in [0.5, 0.6) is 0 Å². The van der Waals surface area contributed by atoms with Crippen LogP contribution in [0.3, 0.4) is 0 Å². The molecule has 0 spiro atoms. The van der Waals surface area contributed by atoms with Crippen LogP contribution in [0, 0.1) is 11.3 Å². The normalized spacial score (nSPS) is 12.6. The van der Waals surface area contributed by atoms with Gasteiger partial charge in [-0.15, -0.1) is 0 Å². The maximum atomic E-state index is 13.8. The van der Waals surface area contributed by atoms with E-state index in [1.54, 1.807) is 59.2 Å². The second-order valence-corrected chi connectivity index (χ2v) is 8.59. The molecule has 8 nitrogen and oxygen atoms in total. The van der Waals surface area contributed by atoms with Crippen molar-refractivity contribution in [2.24, 2.45) is 0 Å². The molecule has 1 fully saturated rings. The number of pyridine rings is 2. The van der Waals surface area contributed by atoms with E-state index in [9.17, 15) is 9.59 Å². The van der Waals surface area contributed by atoms with Gasteiger partial charge in [-0.2, -0.15) is 10.4 Å². The second kappa shape index (κ2) is 12.6. The number of nitrogens with zero attached hydrogens (tertiary/aromatic N) is 5. The van der Waals surface area contributed by atoms with Gasteiger partial charge in [-0.25, -0.2) is 9.50 Å². The Labute approximate surface area is 223 Å². The quantitative estimate of drug-likeness (QED) is 0.361. The fraction of sp³-hybridized carbons (Fsp3) is 0.300. The summed E-state index contributed by atoms with van der Waals surface area (Å²) in [6.45, 7) is 4.00. The molecule has 2 amide bonds. The summed E-state index contributed by atoms with van der Waals surface area (Å²) in [7, 11) is 1.60. The van der Waals surface area contributed by atoms with E-state index in [1.165, 1.54) is 6.20 Å². The van der Waals surface area contributed by atoms with E-state index in [0.717, 1.165) is 42.3 Å². The topological polar surface area (TPSA) is 103 Å². The highest BCUT2D eigenvalue weighted by Gasteiger charge is 2.30. The van der Waals surface area contributed by atoms with E-state index in [2.05, 4.69) is 21.5 Å².